The first-order valence-corrected chi connectivity index (χ1v) is 43.2. The Morgan fingerprint density at radius 1 is 0.289 bits per heavy atom. The molecule has 0 aromatic carbocycles. The Hall–Kier alpha value is -1.94. The molecule has 19 heteroatoms. The van der Waals surface area contributed by atoms with E-state index in [0.717, 1.165) is 114 Å². The van der Waals surface area contributed by atoms with Crippen molar-refractivity contribution < 1.29 is 80.2 Å². The van der Waals surface area contributed by atoms with E-state index in [1.165, 1.54) is 193 Å². The molecule has 0 aliphatic heterocycles. The molecule has 0 radical (unpaired) electrons. The summed E-state index contributed by atoms with van der Waals surface area (Å²) in [5, 5.41) is 10.6. The third kappa shape index (κ3) is 70.9. The maximum Gasteiger partial charge on any atom is 0.472 e. The zero-order valence-corrected chi connectivity index (χ0v) is 65.5. The molecule has 0 saturated carbocycles. The van der Waals surface area contributed by atoms with E-state index in [1.807, 2.05) is 0 Å². The van der Waals surface area contributed by atoms with Gasteiger partial charge in [0.15, 0.2) is 12.2 Å². The molecule has 0 aliphatic rings. The van der Waals surface area contributed by atoms with Crippen LogP contribution in [0, 0.1) is 23.7 Å². The van der Waals surface area contributed by atoms with E-state index in [9.17, 15) is 43.2 Å². The Labute approximate surface area is 594 Å². The van der Waals surface area contributed by atoms with Gasteiger partial charge < -0.3 is 33.8 Å². The Bertz CT molecular complexity index is 1900. The van der Waals surface area contributed by atoms with Crippen LogP contribution in [0.2, 0.25) is 0 Å². The summed E-state index contributed by atoms with van der Waals surface area (Å²) in [5.41, 5.74) is 0. The summed E-state index contributed by atoms with van der Waals surface area (Å²) in [4.78, 5) is 72.9. The summed E-state index contributed by atoms with van der Waals surface area (Å²) in [6, 6.07) is 0. The maximum atomic E-state index is 13.1. The first-order valence-electron chi connectivity index (χ1n) is 40.2. The summed E-state index contributed by atoms with van der Waals surface area (Å²) < 4.78 is 68.6. The molecule has 0 spiro atoms. The van der Waals surface area contributed by atoms with Crippen LogP contribution in [0.5, 0.6) is 0 Å². The maximum absolute atomic E-state index is 13.1. The monoisotopic (exact) mass is 1420 g/mol. The predicted molar refractivity (Wildman–Crippen MR) is 395 cm³/mol. The van der Waals surface area contributed by atoms with E-state index in [0.29, 0.717) is 31.6 Å². The Balaban J connectivity index is 5.25. The number of hydrogen-bond acceptors (Lipinski definition) is 15. The summed E-state index contributed by atoms with van der Waals surface area (Å²) >= 11 is 0. The lowest BCUT2D eigenvalue weighted by molar-refractivity contribution is -0.161. The van der Waals surface area contributed by atoms with Crippen molar-refractivity contribution in [2.45, 2.75) is 414 Å². The van der Waals surface area contributed by atoms with Gasteiger partial charge in [0.1, 0.15) is 19.3 Å². The number of unbranched alkanes of at least 4 members (excludes halogenated alkanes) is 40. The fourth-order valence-electron chi connectivity index (χ4n) is 11.9. The van der Waals surface area contributed by atoms with Crippen LogP contribution >= 0.6 is 15.6 Å². The minimum absolute atomic E-state index is 0.106. The summed E-state index contributed by atoms with van der Waals surface area (Å²) in [6.07, 6.45) is 52.7. The zero-order valence-electron chi connectivity index (χ0n) is 63.7. The second kappa shape index (κ2) is 67.2. The van der Waals surface area contributed by atoms with Crippen LogP contribution in [0.3, 0.4) is 0 Å². The molecule has 6 atom stereocenters. The van der Waals surface area contributed by atoms with Gasteiger partial charge in [-0.1, -0.05) is 344 Å². The fraction of sp³-hybridized carbons (Fsp3) is 0.949. The lowest BCUT2D eigenvalue weighted by Gasteiger charge is -2.21. The van der Waals surface area contributed by atoms with Crippen LogP contribution in [0.25, 0.3) is 0 Å². The summed E-state index contributed by atoms with van der Waals surface area (Å²) in [7, 11) is -9.92. The van der Waals surface area contributed by atoms with Crippen molar-refractivity contribution in [3.63, 3.8) is 0 Å². The molecule has 0 aliphatic carbocycles. The number of aliphatic hydroxyl groups is 1. The molecule has 0 fully saturated rings. The van der Waals surface area contributed by atoms with Crippen LogP contribution in [-0.2, 0) is 65.4 Å². The lowest BCUT2D eigenvalue weighted by atomic mass is 9.99. The minimum Gasteiger partial charge on any atom is -0.462 e. The molecular weight excluding hydrogens is 1270 g/mol. The highest BCUT2D eigenvalue weighted by atomic mass is 31.2. The van der Waals surface area contributed by atoms with Gasteiger partial charge in [0.25, 0.3) is 0 Å². The molecule has 17 nitrogen and oxygen atoms in total. The number of aliphatic hydroxyl groups excluding tert-OH is 1. The van der Waals surface area contributed by atoms with Crippen molar-refractivity contribution in [3.05, 3.63) is 0 Å². The highest BCUT2D eigenvalue weighted by molar-refractivity contribution is 7.47. The molecule has 0 aromatic rings. The van der Waals surface area contributed by atoms with Crippen molar-refractivity contribution in [1.29, 1.82) is 0 Å². The van der Waals surface area contributed by atoms with Crippen molar-refractivity contribution in [2.24, 2.45) is 23.7 Å². The average Bonchev–Trinajstić information content (AvgIpc) is 1.81. The van der Waals surface area contributed by atoms with Gasteiger partial charge in [-0.3, -0.25) is 37.3 Å². The Morgan fingerprint density at radius 2 is 0.495 bits per heavy atom. The van der Waals surface area contributed by atoms with Gasteiger partial charge in [0.2, 0.25) is 0 Å². The van der Waals surface area contributed by atoms with E-state index in [-0.39, 0.29) is 25.7 Å². The van der Waals surface area contributed by atoms with Gasteiger partial charge in [0.05, 0.1) is 26.4 Å². The van der Waals surface area contributed by atoms with Crippen molar-refractivity contribution in [2.75, 3.05) is 39.6 Å². The van der Waals surface area contributed by atoms with Crippen molar-refractivity contribution >= 4 is 39.5 Å². The number of phosphoric acid groups is 2. The van der Waals surface area contributed by atoms with Crippen LogP contribution < -0.4 is 0 Å². The van der Waals surface area contributed by atoms with E-state index in [2.05, 4.69) is 55.4 Å². The number of carbonyl (C=O) groups is 4. The third-order valence-corrected chi connectivity index (χ3v) is 20.3. The summed E-state index contributed by atoms with van der Waals surface area (Å²) in [5.74, 6) is 0.976. The van der Waals surface area contributed by atoms with Crippen LogP contribution in [0.15, 0.2) is 0 Å². The Morgan fingerprint density at radius 3 is 0.732 bits per heavy atom. The molecule has 0 heterocycles. The molecule has 0 rings (SSSR count). The number of ether oxygens (including phenoxy) is 4. The van der Waals surface area contributed by atoms with Crippen molar-refractivity contribution in [3.8, 4) is 0 Å². The predicted octanol–water partition coefficient (Wildman–Crippen LogP) is 22.8. The normalized spacial score (nSPS) is 14.4. The number of carbonyl (C=O) groups excluding carboxylic acids is 4. The van der Waals surface area contributed by atoms with Crippen molar-refractivity contribution in [1.82, 2.24) is 0 Å². The second-order valence-electron chi connectivity index (χ2n) is 29.8. The average molecular weight is 1420 g/mol. The van der Waals surface area contributed by atoms with E-state index in [4.69, 9.17) is 37.0 Å². The molecule has 576 valence electrons. The largest absolute Gasteiger partial charge is 0.472 e. The first kappa shape index (κ1) is 95.1. The van der Waals surface area contributed by atoms with Gasteiger partial charge >= 0.3 is 39.5 Å². The van der Waals surface area contributed by atoms with Gasteiger partial charge in [-0.25, -0.2) is 9.13 Å². The molecule has 4 unspecified atom stereocenters. The molecule has 0 amide bonds. The SMILES string of the molecule is CCC(C)CCCCCCCCCCCCC(=O)O[C@H](COC(=O)CCCCCCCCCCCCCCCC(C)C)COP(=O)(O)OCC(O)COP(=O)(O)OC[C@@H](COC(=O)CCCCCCCCCC(C)C)OC(=O)CCCCCCCCCCCCCCCCC(C)C. The number of esters is 4. The molecule has 0 aromatic heterocycles. The van der Waals surface area contributed by atoms with E-state index >= 15 is 0 Å². The highest BCUT2D eigenvalue weighted by Gasteiger charge is 2.30. The quantitative estimate of drug-likeness (QED) is 0.0222. The van der Waals surface area contributed by atoms with Crippen LogP contribution in [-0.4, -0.2) is 96.7 Å². The van der Waals surface area contributed by atoms with Crippen LogP contribution in [0.4, 0.5) is 0 Å². The molecule has 3 N–H and O–H groups in total. The van der Waals surface area contributed by atoms with E-state index in [1.54, 1.807) is 0 Å². The first-order chi connectivity index (χ1) is 46.6. The standard InChI is InChI=1S/C78H152O17P2/c1-9-71(8)57-49-41-33-25-21-22-28-36-45-53-61-78(83)94-73(64-88-75(80)58-50-42-34-26-19-16-12-14-18-24-31-39-47-55-69(4)5)66-92-96(84,85)90-62-72(79)63-91-97(86,87)93-67-74(65-89-76(81)59-51-43-37-29-32-40-48-56-70(6)7)95-77(82)60-52-44-35-27-20-15-11-10-13-17-23-30-38-46-54-68(2)3/h68-74,79H,9-67H2,1-8H3,(H,84,85)(H,86,87)/t71?,72?,73-,74-/m1/s1. The van der Waals surface area contributed by atoms with Gasteiger partial charge in [-0.15, -0.1) is 0 Å². The molecular formula is C78H152O17P2. The van der Waals surface area contributed by atoms with Gasteiger partial charge in [-0.05, 0) is 49.4 Å². The number of phosphoric ester groups is 2. The topological polar surface area (TPSA) is 237 Å². The van der Waals surface area contributed by atoms with E-state index < -0.39 is 97.5 Å². The molecule has 0 saturated heterocycles. The number of hydrogen-bond donors (Lipinski definition) is 3. The molecule has 0 bridgehead atoms. The highest BCUT2D eigenvalue weighted by Crippen LogP contribution is 2.45. The third-order valence-electron chi connectivity index (χ3n) is 18.4. The second-order valence-corrected chi connectivity index (χ2v) is 32.7. The minimum atomic E-state index is -4.96. The lowest BCUT2D eigenvalue weighted by Crippen LogP contribution is -2.30. The van der Waals surface area contributed by atoms with Gasteiger partial charge in [-0.2, -0.15) is 0 Å². The van der Waals surface area contributed by atoms with Gasteiger partial charge in [0, 0.05) is 25.7 Å². The molecule has 97 heavy (non-hydrogen) atoms. The summed E-state index contributed by atoms with van der Waals surface area (Å²) in [6.45, 7) is 14.2. The Kier molecular flexibility index (Phi) is 65.9. The fourth-order valence-corrected chi connectivity index (χ4v) is 13.5. The zero-order chi connectivity index (χ0) is 71.7. The van der Waals surface area contributed by atoms with Crippen LogP contribution in [0.1, 0.15) is 396 Å². The number of rotatable bonds is 75. The smallest absolute Gasteiger partial charge is 0.462 e.